The van der Waals surface area contributed by atoms with E-state index in [4.69, 9.17) is 21.7 Å². The Balaban J connectivity index is 2.97. The quantitative estimate of drug-likeness (QED) is 0.133. The number of nitro groups is 1. The number of rotatable bonds is 9. The lowest BCUT2D eigenvalue weighted by Gasteiger charge is -2.21. The number of ether oxygens (including phenoxy) is 1. The fourth-order valence-electron chi connectivity index (χ4n) is 2.50. The standard InChI is InChI=1S/C19H22ClN3O7/c1-9(2)17(19(27)30-8-15(25)16(10(3)21)11(4)24)22-18(26)13-6-5-12(23(28)29)7-14(13)20/h5-7,9,17,21,25H,8H2,1-4H3,(H,22,26)/b16-15+,21-10?/t17-/m0/s1. The van der Waals surface area contributed by atoms with E-state index < -0.39 is 46.9 Å². The van der Waals surface area contributed by atoms with Gasteiger partial charge in [0.05, 0.1) is 21.1 Å². The molecule has 1 amide bonds. The summed E-state index contributed by atoms with van der Waals surface area (Å²) in [7, 11) is 0. The average molecular weight is 440 g/mol. The zero-order valence-electron chi connectivity index (χ0n) is 16.8. The number of Topliss-reactive ketones (excluding diaryl/α,β-unsaturated/α-hetero) is 1. The van der Waals surface area contributed by atoms with Crippen LogP contribution < -0.4 is 5.32 Å². The van der Waals surface area contributed by atoms with Gasteiger partial charge in [0.25, 0.3) is 11.6 Å². The van der Waals surface area contributed by atoms with Crippen LogP contribution in [0.25, 0.3) is 0 Å². The maximum atomic E-state index is 12.5. The summed E-state index contributed by atoms with van der Waals surface area (Å²) in [5.41, 5.74) is -0.800. The first kappa shape index (κ1) is 24.8. The summed E-state index contributed by atoms with van der Waals surface area (Å²) < 4.78 is 4.99. The number of hydrogen-bond donors (Lipinski definition) is 3. The highest BCUT2D eigenvalue weighted by atomic mass is 35.5. The number of nitrogens with one attached hydrogen (secondary N) is 2. The first-order chi connectivity index (χ1) is 13.9. The summed E-state index contributed by atoms with van der Waals surface area (Å²) in [6, 6.07) is 2.16. The topological polar surface area (TPSA) is 160 Å². The van der Waals surface area contributed by atoms with Gasteiger partial charge in [-0.25, -0.2) is 4.79 Å². The minimum atomic E-state index is -1.13. The van der Waals surface area contributed by atoms with Gasteiger partial charge in [-0.15, -0.1) is 0 Å². The molecule has 0 aliphatic heterocycles. The molecule has 162 valence electrons. The average Bonchev–Trinajstić information content (AvgIpc) is 2.62. The second kappa shape index (κ2) is 10.5. The van der Waals surface area contributed by atoms with E-state index in [2.05, 4.69) is 5.32 Å². The van der Waals surface area contributed by atoms with Gasteiger partial charge in [0.1, 0.15) is 18.4 Å². The van der Waals surface area contributed by atoms with Crippen molar-refractivity contribution in [1.82, 2.24) is 5.32 Å². The number of nitro benzene ring substituents is 1. The van der Waals surface area contributed by atoms with Crippen molar-refractivity contribution in [3.05, 3.63) is 50.2 Å². The number of hydrogen-bond acceptors (Lipinski definition) is 8. The van der Waals surface area contributed by atoms with Crippen molar-refractivity contribution >= 4 is 40.7 Å². The molecule has 10 nitrogen and oxygen atoms in total. The van der Waals surface area contributed by atoms with Gasteiger partial charge in [-0.2, -0.15) is 0 Å². The van der Waals surface area contributed by atoms with Crippen molar-refractivity contribution in [2.75, 3.05) is 6.61 Å². The molecule has 0 fully saturated rings. The lowest BCUT2D eigenvalue weighted by molar-refractivity contribution is -0.384. The van der Waals surface area contributed by atoms with Gasteiger partial charge in [-0.1, -0.05) is 25.4 Å². The highest BCUT2D eigenvalue weighted by Gasteiger charge is 2.28. The molecule has 1 aromatic rings. The van der Waals surface area contributed by atoms with E-state index in [1.807, 2.05) is 0 Å². The van der Waals surface area contributed by atoms with Crippen LogP contribution in [-0.4, -0.2) is 46.0 Å². The van der Waals surface area contributed by atoms with E-state index in [-0.39, 0.29) is 27.6 Å². The molecule has 1 aromatic carbocycles. The number of benzene rings is 1. The van der Waals surface area contributed by atoms with Crippen LogP contribution in [0.4, 0.5) is 5.69 Å². The predicted octanol–water partition coefficient (Wildman–Crippen LogP) is 2.99. The van der Waals surface area contributed by atoms with Gasteiger partial charge >= 0.3 is 5.97 Å². The third-order valence-corrected chi connectivity index (χ3v) is 4.29. The number of esters is 1. The van der Waals surface area contributed by atoms with Crippen molar-refractivity contribution in [3.63, 3.8) is 0 Å². The number of amides is 1. The molecule has 0 saturated carbocycles. The number of allylic oxidation sites excluding steroid dienone is 1. The second-order valence-corrected chi connectivity index (χ2v) is 7.13. The number of aliphatic hydroxyl groups excluding tert-OH is 1. The molecular weight excluding hydrogens is 418 g/mol. The molecule has 0 aliphatic carbocycles. The van der Waals surface area contributed by atoms with Crippen molar-refractivity contribution in [2.45, 2.75) is 33.7 Å². The molecule has 0 bridgehead atoms. The monoisotopic (exact) mass is 439 g/mol. The summed E-state index contributed by atoms with van der Waals surface area (Å²) in [6.07, 6.45) is 0. The summed E-state index contributed by atoms with van der Waals surface area (Å²) >= 11 is 5.94. The lowest BCUT2D eigenvalue weighted by atomic mass is 10.0. The van der Waals surface area contributed by atoms with Crippen molar-refractivity contribution in [1.29, 1.82) is 5.41 Å². The fraction of sp³-hybridized carbons (Fsp3) is 0.368. The number of halogens is 1. The summed E-state index contributed by atoms with van der Waals surface area (Å²) in [5.74, 6) is -3.17. The Morgan fingerprint density at radius 3 is 2.33 bits per heavy atom. The highest BCUT2D eigenvalue weighted by Crippen LogP contribution is 2.23. The van der Waals surface area contributed by atoms with Crippen LogP contribution in [0.15, 0.2) is 29.5 Å². The normalized spacial score (nSPS) is 12.6. The van der Waals surface area contributed by atoms with Crippen LogP contribution in [0.5, 0.6) is 0 Å². The van der Waals surface area contributed by atoms with E-state index in [9.17, 15) is 29.6 Å². The Labute approximate surface area is 177 Å². The van der Waals surface area contributed by atoms with Crippen molar-refractivity contribution in [3.8, 4) is 0 Å². The number of carbonyl (C=O) groups is 3. The van der Waals surface area contributed by atoms with E-state index in [1.54, 1.807) is 13.8 Å². The maximum absolute atomic E-state index is 12.5. The van der Waals surface area contributed by atoms with Crippen LogP contribution in [0, 0.1) is 21.4 Å². The van der Waals surface area contributed by atoms with Crippen LogP contribution in [-0.2, 0) is 14.3 Å². The van der Waals surface area contributed by atoms with Gasteiger partial charge in [0, 0.05) is 17.8 Å². The number of nitrogens with zero attached hydrogens (tertiary/aromatic N) is 1. The van der Waals surface area contributed by atoms with Crippen LogP contribution in [0.1, 0.15) is 38.1 Å². The number of carbonyl (C=O) groups excluding carboxylic acids is 3. The third-order valence-electron chi connectivity index (χ3n) is 3.98. The fourth-order valence-corrected chi connectivity index (χ4v) is 2.76. The maximum Gasteiger partial charge on any atom is 0.329 e. The van der Waals surface area contributed by atoms with Gasteiger partial charge in [0.15, 0.2) is 5.78 Å². The van der Waals surface area contributed by atoms with Gasteiger partial charge in [-0.05, 0) is 25.8 Å². The Hall–Kier alpha value is -3.27. The molecule has 1 rings (SSSR count). The van der Waals surface area contributed by atoms with Crippen molar-refractivity contribution in [2.24, 2.45) is 5.92 Å². The minimum absolute atomic E-state index is 0.0678. The van der Waals surface area contributed by atoms with Crippen molar-refractivity contribution < 1.29 is 29.2 Å². The molecule has 30 heavy (non-hydrogen) atoms. The highest BCUT2D eigenvalue weighted by molar-refractivity contribution is 6.34. The van der Waals surface area contributed by atoms with Gasteiger partial charge < -0.3 is 20.6 Å². The Kier molecular flexibility index (Phi) is 8.66. The van der Waals surface area contributed by atoms with Crippen LogP contribution in [0.2, 0.25) is 5.02 Å². The largest absolute Gasteiger partial charge is 0.508 e. The smallest absolute Gasteiger partial charge is 0.329 e. The molecule has 0 saturated heterocycles. The van der Waals surface area contributed by atoms with E-state index >= 15 is 0 Å². The summed E-state index contributed by atoms with van der Waals surface area (Å²) in [4.78, 5) is 46.5. The number of aliphatic hydroxyl groups is 1. The Bertz CT molecular complexity index is 909. The first-order valence-corrected chi connectivity index (χ1v) is 9.14. The van der Waals surface area contributed by atoms with E-state index in [0.717, 1.165) is 19.1 Å². The molecule has 0 aliphatic rings. The first-order valence-electron chi connectivity index (χ1n) is 8.76. The summed E-state index contributed by atoms with van der Waals surface area (Å²) in [6.45, 7) is 5.10. The predicted molar refractivity (Wildman–Crippen MR) is 109 cm³/mol. The number of non-ortho nitro benzene ring substituents is 1. The van der Waals surface area contributed by atoms with Crippen LogP contribution >= 0.6 is 11.6 Å². The molecule has 11 heteroatoms. The van der Waals surface area contributed by atoms with Gasteiger partial charge in [-0.3, -0.25) is 19.7 Å². The molecule has 0 spiro atoms. The molecule has 0 aromatic heterocycles. The molecule has 0 heterocycles. The zero-order valence-corrected chi connectivity index (χ0v) is 17.6. The zero-order chi connectivity index (χ0) is 23.2. The summed E-state index contributed by atoms with van der Waals surface area (Å²) in [5, 5.41) is 30.5. The molecule has 0 radical (unpaired) electrons. The molecule has 1 atom stereocenters. The SMILES string of the molecule is CC(=N)/C(C(C)=O)=C(\O)COC(=O)[C@@H](NC(=O)c1ccc([N+](=O)[O-])cc1Cl)C(C)C. The molecule has 3 N–H and O–H groups in total. The second-order valence-electron chi connectivity index (χ2n) is 6.73. The van der Waals surface area contributed by atoms with Gasteiger partial charge in [0.2, 0.25) is 0 Å². The molecular formula is C19H22ClN3O7. The Morgan fingerprint density at radius 1 is 1.30 bits per heavy atom. The number of ketones is 1. The minimum Gasteiger partial charge on any atom is -0.508 e. The molecule has 0 unspecified atom stereocenters. The van der Waals surface area contributed by atoms with Crippen LogP contribution in [0.3, 0.4) is 0 Å². The van der Waals surface area contributed by atoms with E-state index in [0.29, 0.717) is 0 Å². The Morgan fingerprint density at radius 2 is 1.90 bits per heavy atom. The van der Waals surface area contributed by atoms with E-state index in [1.165, 1.54) is 13.0 Å². The third kappa shape index (κ3) is 6.38. The lowest BCUT2D eigenvalue weighted by Crippen LogP contribution is -2.45.